The van der Waals surface area contributed by atoms with Gasteiger partial charge in [-0.15, -0.1) is 22.7 Å². The monoisotopic (exact) mass is 643 g/mol. The van der Waals surface area contributed by atoms with Crippen molar-refractivity contribution in [2.24, 2.45) is 17.6 Å². The van der Waals surface area contributed by atoms with Gasteiger partial charge in [-0.25, -0.2) is 9.97 Å². The Hall–Kier alpha value is -3.40. The van der Waals surface area contributed by atoms with Crippen molar-refractivity contribution in [3.63, 3.8) is 0 Å². The molecule has 5 rings (SSSR count). The molecule has 4 aromatic rings. The number of aromatic nitrogens is 2. The third-order valence-corrected chi connectivity index (χ3v) is 10.5. The number of nitrogens with two attached hydrogens (primary N) is 1. The van der Waals surface area contributed by atoms with Crippen LogP contribution < -0.4 is 5.73 Å². The highest BCUT2D eigenvalue weighted by Gasteiger charge is 2.32. The van der Waals surface area contributed by atoms with Crippen LogP contribution in [0.3, 0.4) is 0 Å². The third-order valence-electron chi connectivity index (χ3n) is 8.33. The molecule has 45 heavy (non-hydrogen) atoms. The first-order valence-corrected chi connectivity index (χ1v) is 17.7. The van der Waals surface area contributed by atoms with Crippen molar-refractivity contribution in [1.82, 2.24) is 19.8 Å². The van der Waals surface area contributed by atoms with E-state index in [1.54, 1.807) is 22.7 Å². The molecular weight excluding hydrogens is 599 g/mol. The molecule has 1 aliphatic heterocycles. The maximum Gasteiger partial charge on any atom is 0.240 e. The van der Waals surface area contributed by atoms with Crippen LogP contribution in [-0.2, 0) is 16.1 Å². The predicted molar refractivity (Wildman–Crippen MR) is 186 cm³/mol. The van der Waals surface area contributed by atoms with Gasteiger partial charge in [0.15, 0.2) is 0 Å². The SMILES string of the molecule is CCCN(Cc1ncc(-c2ccc(-c3ccc(-c4cnc(C5CCCN5C(=O)CC(C)C)s4)cc3)cc2)s1)C(=O)C(N)C(C)C. The van der Waals surface area contributed by atoms with Crippen molar-refractivity contribution in [1.29, 1.82) is 0 Å². The van der Waals surface area contributed by atoms with Gasteiger partial charge in [0.05, 0.1) is 28.4 Å². The Morgan fingerprint density at radius 2 is 1.49 bits per heavy atom. The van der Waals surface area contributed by atoms with Gasteiger partial charge in [0.2, 0.25) is 11.8 Å². The summed E-state index contributed by atoms with van der Waals surface area (Å²) in [6.07, 6.45) is 7.34. The highest BCUT2D eigenvalue weighted by atomic mass is 32.1. The zero-order valence-corrected chi connectivity index (χ0v) is 28.7. The maximum absolute atomic E-state index is 12.9. The van der Waals surface area contributed by atoms with Crippen LogP contribution in [0, 0.1) is 11.8 Å². The number of carbonyl (C=O) groups excluding carboxylic acids is 2. The van der Waals surface area contributed by atoms with Crippen LogP contribution in [0.4, 0.5) is 0 Å². The van der Waals surface area contributed by atoms with Crippen LogP contribution in [-0.4, -0.2) is 50.7 Å². The second-order valence-electron chi connectivity index (χ2n) is 12.7. The van der Waals surface area contributed by atoms with Crippen LogP contribution in [0.1, 0.15) is 76.4 Å². The maximum atomic E-state index is 12.9. The lowest BCUT2D eigenvalue weighted by Crippen LogP contribution is -2.46. The molecule has 9 heteroatoms. The van der Waals surface area contributed by atoms with Crippen LogP contribution in [0.15, 0.2) is 60.9 Å². The number of likely N-dealkylation sites (tertiary alicyclic amines) is 1. The number of amides is 2. The average Bonchev–Trinajstić information content (AvgIpc) is 3.81. The normalized spacial score (nSPS) is 15.6. The minimum absolute atomic E-state index is 0.0104. The standard InChI is InChI=1S/C36H45N5O2S2/c1-6-17-40(36(43)34(37)24(4)5)22-32-38-20-30(44-32)27-13-9-25(10-14-27)26-11-15-28(16-12-26)31-21-39-35(45-31)29-8-7-18-41(29)33(42)19-23(2)3/h9-16,20-21,23-24,29,34H,6-8,17-19,22,37H2,1-5H3. The van der Waals surface area contributed by atoms with E-state index in [2.05, 4.69) is 74.3 Å². The molecular formula is C36H45N5O2S2. The quantitative estimate of drug-likeness (QED) is 0.169. The van der Waals surface area contributed by atoms with Crippen molar-refractivity contribution >= 4 is 34.5 Å². The Labute approximate surface area is 275 Å². The van der Waals surface area contributed by atoms with Gasteiger partial charge in [-0.3, -0.25) is 9.59 Å². The van der Waals surface area contributed by atoms with Crippen molar-refractivity contribution in [2.45, 2.75) is 78.9 Å². The number of nitrogens with zero attached hydrogens (tertiary/aromatic N) is 4. The number of carbonyl (C=O) groups is 2. The first-order valence-electron chi connectivity index (χ1n) is 16.1. The molecule has 0 radical (unpaired) electrons. The predicted octanol–water partition coefficient (Wildman–Crippen LogP) is 8.03. The van der Waals surface area contributed by atoms with Crippen molar-refractivity contribution < 1.29 is 9.59 Å². The summed E-state index contributed by atoms with van der Waals surface area (Å²) >= 11 is 3.32. The van der Waals surface area contributed by atoms with E-state index in [4.69, 9.17) is 10.7 Å². The number of rotatable bonds is 12. The fourth-order valence-electron chi connectivity index (χ4n) is 5.73. The average molecular weight is 644 g/mol. The summed E-state index contributed by atoms with van der Waals surface area (Å²) in [6, 6.07) is 16.8. The number of hydrogen-bond acceptors (Lipinski definition) is 7. The molecule has 1 aliphatic rings. The Bertz CT molecular complexity index is 1580. The van der Waals surface area contributed by atoms with Gasteiger partial charge in [-0.05, 0) is 53.4 Å². The summed E-state index contributed by atoms with van der Waals surface area (Å²) in [7, 11) is 0. The molecule has 1 fully saturated rings. The lowest BCUT2D eigenvalue weighted by molar-refractivity contribution is -0.134. The minimum atomic E-state index is -0.494. The molecule has 238 valence electrons. The number of hydrogen-bond donors (Lipinski definition) is 1. The van der Waals surface area contributed by atoms with E-state index in [0.29, 0.717) is 25.4 Å². The van der Waals surface area contributed by atoms with Gasteiger partial charge in [0.1, 0.15) is 10.0 Å². The van der Waals surface area contributed by atoms with Gasteiger partial charge in [-0.2, -0.15) is 0 Å². The summed E-state index contributed by atoms with van der Waals surface area (Å²) < 4.78 is 0. The van der Waals surface area contributed by atoms with E-state index >= 15 is 0 Å². The van der Waals surface area contributed by atoms with E-state index in [9.17, 15) is 9.59 Å². The fourth-order valence-corrected chi connectivity index (χ4v) is 7.74. The Morgan fingerprint density at radius 1 is 0.911 bits per heavy atom. The van der Waals surface area contributed by atoms with Crippen LogP contribution >= 0.6 is 22.7 Å². The molecule has 7 nitrogen and oxygen atoms in total. The topological polar surface area (TPSA) is 92.4 Å². The molecule has 3 heterocycles. The molecule has 2 N–H and O–H groups in total. The van der Waals surface area contributed by atoms with Crippen LogP contribution in [0.25, 0.3) is 32.0 Å². The van der Waals surface area contributed by atoms with Crippen LogP contribution in [0.5, 0.6) is 0 Å². The zero-order valence-electron chi connectivity index (χ0n) is 27.0. The molecule has 2 aromatic carbocycles. The zero-order chi connectivity index (χ0) is 32.1. The lowest BCUT2D eigenvalue weighted by Gasteiger charge is -2.26. The summed E-state index contributed by atoms with van der Waals surface area (Å²) in [6.45, 7) is 12.2. The Kier molecular flexibility index (Phi) is 10.8. The summed E-state index contributed by atoms with van der Waals surface area (Å²) in [5.41, 5.74) is 10.7. The molecule has 2 amide bonds. The van der Waals surface area contributed by atoms with Gasteiger partial charge < -0.3 is 15.5 Å². The summed E-state index contributed by atoms with van der Waals surface area (Å²) in [5.74, 6) is 0.691. The van der Waals surface area contributed by atoms with Crippen molar-refractivity contribution in [3.05, 3.63) is 70.9 Å². The van der Waals surface area contributed by atoms with Crippen molar-refractivity contribution in [2.75, 3.05) is 13.1 Å². The minimum Gasteiger partial charge on any atom is -0.335 e. The molecule has 2 unspecified atom stereocenters. The number of thiazole rings is 2. The first kappa shape index (κ1) is 33.0. The summed E-state index contributed by atoms with van der Waals surface area (Å²) in [5, 5.41) is 1.95. The first-order chi connectivity index (χ1) is 21.6. The van der Waals surface area contributed by atoms with E-state index in [-0.39, 0.29) is 23.8 Å². The highest BCUT2D eigenvalue weighted by molar-refractivity contribution is 7.15. The molecule has 0 saturated carbocycles. The van der Waals surface area contributed by atoms with Gasteiger partial charge in [-0.1, -0.05) is 83.1 Å². The third kappa shape index (κ3) is 7.88. The van der Waals surface area contributed by atoms with Gasteiger partial charge in [0, 0.05) is 31.9 Å². The van der Waals surface area contributed by atoms with E-state index in [0.717, 1.165) is 67.8 Å². The Morgan fingerprint density at radius 3 is 2.07 bits per heavy atom. The largest absolute Gasteiger partial charge is 0.335 e. The van der Waals surface area contributed by atoms with E-state index in [1.807, 2.05) is 36.0 Å². The second-order valence-corrected chi connectivity index (χ2v) is 14.9. The smallest absolute Gasteiger partial charge is 0.240 e. The lowest BCUT2D eigenvalue weighted by atomic mass is 10.0. The molecule has 0 bridgehead atoms. The van der Waals surface area contributed by atoms with E-state index in [1.165, 1.54) is 0 Å². The number of benzene rings is 2. The molecule has 0 spiro atoms. The van der Waals surface area contributed by atoms with E-state index < -0.39 is 6.04 Å². The molecule has 2 atom stereocenters. The van der Waals surface area contributed by atoms with Crippen molar-refractivity contribution in [3.8, 4) is 32.0 Å². The van der Waals surface area contributed by atoms with Crippen LogP contribution in [0.2, 0.25) is 0 Å². The molecule has 1 saturated heterocycles. The fraction of sp³-hybridized carbons (Fsp3) is 0.444. The Balaban J connectivity index is 1.23. The molecule has 2 aromatic heterocycles. The molecule has 0 aliphatic carbocycles. The van der Waals surface area contributed by atoms with Gasteiger partial charge >= 0.3 is 0 Å². The highest BCUT2D eigenvalue weighted by Crippen LogP contribution is 2.38. The summed E-state index contributed by atoms with van der Waals surface area (Å²) in [4.78, 5) is 41.2. The second kappa shape index (κ2) is 14.8. The van der Waals surface area contributed by atoms with Gasteiger partial charge in [0.25, 0.3) is 0 Å².